The third-order valence-corrected chi connectivity index (χ3v) is 3.72. The van der Waals surface area contributed by atoms with Crippen molar-refractivity contribution in [2.75, 3.05) is 13.6 Å². The second-order valence-corrected chi connectivity index (χ2v) is 5.25. The quantitative estimate of drug-likeness (QED) is 0.931. The minimum atomic E-state index is 0.0308. The molecule has 1 aromatic heterocycles. The zero-order valence-corrected chi connectivity index (χ0v) is 11.7. The number of aromatic amines is 1. The first-order valence-electron chi connectivity index (χ1n) is 6.79. The maximum atomic E-state index is 12.3. The highest BCUT2D eigenvalue weighted by Gasteiger charge is 2.25. The van der Waals surface area contributed by atoms with Gasteiger partial charge in [-0.25, -0.2) is 0 Å². The van der Waals surface area contributed by atoms with Crippen LogP contribution in [0.1, 0.15) is 21.6 Å². The molecule has 4 heteroatoms. The van der Waals surface area contributed by atoms with Crippen molar-refractivity contribution >= 4 is 5.91 Å². The van der Waals surface area contributed by atoms with Crippen molar-refractivity contribution < 1.29 is 9.53 Å². The Kier molecular flexibility index (Phi) is 3.22. The molecule has 1 atom stereocenters. The van der Waals surface area contributed by atoms with Crippen LogP contribution in [0.3, 0.4) is 0 Å². The molecular formula is C16H18N2O2. The number of likely N-dealkylation sites (N-methyl/N-ethyl adjacent to an activating group) is 1. The molecule has 104 valence electrons. The first-order chi connectivity index (χ1) is 9.65. The molecule has 0 fully saturated rings. The molecule has 3 rings (SSSR count). The molecule has 1 N–H and O–H groups in total. The molecular weight excluding hydrogens is 252 g/mol. The standard InChI is InChI=1S/C16H18N2O2/c1-11-14(7-8-17-11)16(19)18(2)10-13-9-12-5-3-4-6-15(12)20-13/h3-8,13,17H,9-10H2,1-2H3/t13-/m0/s1. The van der Waals surface area contributed by atoms with E-state index in [1.54, 1.807) is 11.1 Å². The van der Waals surface area contributed by atoms with Crippen molar-refractivity contribution in [2.24, 2.45) is 0 Å². The van der Waals surface area contributed by atoms with Gasteiger partial charge in [0.05, 0.1) is 12.1 Å². The summed E-state index contributed by atoms with van der Waals surface area (Å²) in [4.78, 5) is 17.1. The number of hydrogen-bond donors (Lipinski definition) is 1. The van der Waals surface area contributed by atoms with Crippen LogP contribution in [0, 0.1) is 6.92 Å². The number of fused-ring (bicyclic) bond motifs is 1. The van der Waals surface area contributed by atoms with E-state index in [0.717, 1.165) is 23.4 Å². The van der Waals surface area contributed by atoms with Gasteiger partial charge in [-0.1, -0.05) is 18.2 Å². The van der Waals surface area contributed by atoms with E-state index < -0.39 is 0 Å². The van der Waals surface area contributed by atoms with E-state index in [-0.39, 0.29) is 12.0 Å². The third-order valence-electron chi connectivity index (χ3n) is 3.72. The number of ether oxygens (including phenoxy) is 1. The first kappa shape index (κ1) is 12.8. The molecule has 4 nitrogen and oxygen atoms in total. The number of aromatic nitrogens is 1. The van der Waals surface area contributed by atoms with E-state index in [2.05, 4.69) is 11.1 Å². The van der Waals surface area contributed by atoms with Crippen LogP contribution < -0.4 is 4.74 Å². The molecule has 20 heavy (non-hydrogen) atoms. The van der Waals surface area contributed by atoms with Crippen molar-refractivity contribution in [3.05, 3.63) is 53.3 Å². The Morgan fingerprint density at radius 3 is 2.90 bits per heavy atom. The Morgan fingerprint density at radius 1 is 1.40 bits per heavy atom. The second kappa shape index (κ2) is 5.04. The van der Waals surface area contributed by atoms with Gasteiger partial charge in [0.2, 0.25) is 0 Å². The molecule has 1 aliphatic rings. The Labute approximate surface area is 118 Å². The average molecular weight is 270 g/mol. The van der Waals surface area contributed by atoms with E-state index in [9.17, 15) is 4.79 Å². The Balaban J connectivity index is 1.65. The van der Waals surface area contributed by atoms with Crippen LogP contribution in [0.2, 0.25) is 0 Å². The van der Waals surface area contributed by atoms with Crippen LogP contribution in [0.15, 0.2) is 36.5 Å². The summed E-state index contributed by atoms with van der Waals surface area (Å²) in [6.07, 6.45) is 2.69. The number of nitrogens with zero attached hydrogens (tertiary/aromatic N) is 1. The van der Waals surface area contributed by atoms with Gasteiger partial charge in [-0.2, -0.15) is 0 Å². The molecule has 0 aliphatic carbocycles. The molecule has 0 spiro atoms. The number of carbonyl (C=O) groups is 1. The first-order valence-corrected chi connectivity index (χ1v) is 6.79. The Morgan fingerprint density at radius 2 is 2.20 bits per heavy atom. The zero-order valence-electron chi connectivity index (χ0n) is 11.7. The lowest BCUT2D eigenvalue weighted by Gasteiger charge is -2.21. The molecule has 2 aromatic rings. The lowest BCUT2D eigenvalue weighted by atomic mass is 10.1. The summed E-state index contributed by atoms with van der Waals surface area (Å²) in [5, 5.41) is 0. The summed E-state index contributed by atoms with van der Waals surface area (Å²) in [7, 11) is 1.82. The molecule has 1 amide bonds. The minimum absolute atomic E-state index is 0.0308. The fraction of sp³-hybridized carbons (Fsp3) is 0.312. The van der Waals surface area contributed by atoms with Crippen LogP contribution in [0.25, 0.3) is 0 Å². The van der Waals surface area contributed by atoms with Gasteiger partial charge < -0.3 is 14.6 Å². The summed E-state index contributed by atoms with van der Waals surface area (Å²) in [6, 6.07) is 9.86. The van der Waals surface area contributed by atoms with Gasteiger partial charge in [0.15, 0.2) is 0 Å². The molecule has 0 unspecified atom stereocenters. The summed E-state index contributed by atoms with van der Waals surface area (Å²) >= 11 is 0. The highest BCUT2D eigenvalue weighted by molar-refractivity contribution is 5.95. The van der Waals surface area contributed by atoms with E-state index in [4.69, 9.17) is 4.74 Å². The average Bonchev–Trinajstić information content (AvgIpc) is 3.03. The van der Waals surface area contributed by atoms with Crippen LogP contribution in [-0.4, -0.2) is 35.5 Å². The maximum Gasteiger partial charge on any atom is 0.255 e. The van der Waals surface area contributed by atoms with E-state index in [0.29, 0.717) is 6.54 Å². The Hall–Kier alpha value is -2.23. The van der Waals surface area contributed by atoms with E-state index >= 15 is 0 Å². The Bertz CT molecular complexity index is 608. The highest BCUT2D eigenvalue weighted by atomic mass is 16.5. The number of nitrogens with one attached hydrogen (secondary N) is 1. The van der Waals surface area contributed by atoms with Crippen molar-refractivity contribution in [1.29, 1.82) is 0 Å². The van der Waals surface area contributed by atoms with Gasteiger partial charge in [-0.15, -0.1) is 0 Å². The van der Waals surface area contributed by atoms with Crippen LogP contribution in [0.5, 0.6) is 5.75 Å². The van der Waals surface area contributed by atoms with Crippen LogP contribution in [0.4, 0.5) is 0 Å². The number of hydrogen-bond acceptors (Lipinski definition) is 2. The lowest BCUT2D eigenvalue weighted by molar-refractivity contribution is 0.0730. The second-order valence-electron chi connectivity index (χ2n) is 5.25. The minimum Gasteiger partial charge on any atom is -0.488 e. The molecule has 0 bridgehead atoms. The van der Waals surface area contributed by atoms with Crippen molar-refractivity contribution in [2.45, 2.75) is 19.4 Å². The van der Waals surface area contributed by atoms with Crippen molar-refractivity contribution in [1.82, 2.24) is 9.88 Å². The van der Waals surface area contributed by atoms with Gasteiger partial charge >= 0.3 is 0 Å². The molecule has 1 aromatic carbocycles. The number of rotatable bonds is 3. The fourth-order valence-corrected chi connectivity index (χ4v) is 2.63. The monoisotopic (exact) mass is 270 g/mol. The predicted molar refractivity (Wildman–Crippen MR) is 77.1 cm³/mol. The zero-order chi connectivity index (χ0) is 14.1. The summed E-state index contributed by atoms with van der Waals surface area (Å²) in [5.74, 6) is 0.972. The number of H-pyrrole nitrogens is 1. The third kappa shape index (κ3) is 2.29. The number of benzene rings is 1. The molecule has 2 heterocycles. The number of para-hydroxylation sites is 1. The van der Waals surface area contributed by atoms with Crippen LogP contribution in [-0.2, 0) is 6.42 Å². The van der Waals surface area contributed by atoms with Crippen LogP contribution >= 0.6 is 0 Å². The SMILES string of the molecule is Cc1[nH]ccc1C(=O)N(C)C[C@@H]1Cc2ccccc2O1. The fourth-order valence-electron chi connectivity index (χ4n) is 2.63. The van der Waals surface area contributed by atoms with E-state index in [1.807, 2.05) is 38.2 Å². The summed E-state index contributed by atoms with van der Waals surface area (Å²) < 4.78 is 5.87. The highest BCUT2D eigenvalue weighted by Crippen LogP contribution is 2.28. The maximum absolute atomic E-state index is 12.3. The van der Waals surface area contributed by atoms with Gasteiger partial charge in [0.1, 0.15) is 11.9 Å². The number of amides is 1. The normalized spacial score (nSPS) is 16.6. The summed E-state index contributed by atoms with van der Waals surface area (Å²) in [6.45, 7) is 2.50. The van der Waals surface area contributed by atoms with Gasteiger partial charge in [-0.3, -0.25) is 4.79 Å². The number of aryl methyl sites for hydroxylation is 1. The van der Waals surface area contributed by atoms with Gasteiger partial charge in [0.25, 0.3) is 5.91 Å². The molecule has 0 saturated carbocycles. The van der Waals surface area contributed by atoms with Gasteiger partial charge in [-0.05, 0) is 24.6 Å². The van der Waals surface area contributed by atoms with E-state index in [1.165, 1.54) is 5.56 Å². The summed E-state index contributed by atoms with van der Waals surface area (Å²) in [5.41, 5.74) is 2.84. The number of carbonyl (C=O) groups excluding carboxylic acids is 1. The lowest BCUT2D eigenvalue weighted by Crippen LogP contribution is -2.36. The van der Waals surface area contributed by atoms with Crippen molar-refractivity contribution in [3.8, 4) is 5.75 Å². The topological polar surface area (TPSA) is 45.3 Å². The molecule has 0 saturated heterocycles. The largest absolute Gasteiger partial charge is 0.488 e. The smallest absolute Gasteiger partial charge is 0.255 e. The van der Waals surface area contributed by atoms with Crippen molar-refractivity contribution in [3.63, 3.8) is 0 Å². The van der Waals surface area contributed by atoms with Gasteiger partial charge in [0, 0.05) is 25.4 Å². The molecule has 0 radical (unpaired) electrons. The molecule has 1 aliphatic heterocycles. The predicted octanol–water partition coefficient (Wildman–Crippen LogP) is 2.40.